The fourth-order valence-electron chi connectivity index (χ4n) is 3.00. The summed E-state index contributed by atoms with van der Waals surface area (Å²) >= 11 is 0. The van der Waals surface area contributed by atoms with Crippen molar-refractivity contribution in [2.24, 2.45) is 0 Å². The van der Waals surface area contributed by atoms with Gasteiger partial charge in [-0.25, -0.2) is 0 Å². The average Bonchev–Trinajstić information content (AvgIpc) is 2.90. The van der Waals surface area contributed by atoms with Gasteiger partial charge in [0.25, 0.3) is 0 Å². The van der Waals surface area contributed by atoms with Gasteiger partial charge in [0.15, 0.2) is 5.82 Å². The first-order valence-electron chi connectivity index (χ1n) is 6.97. The van der Waals surface area contributed by atoms with Crippen molar-refractivity contribution < 1.29 is 4.52 Å². The topological polar surface area (TPSA) is 51.0 Å². The number of halogens is 1. The lowest BCUT2D eigenvalue weighted by Gasteiger charge is -2.19. The van der Waals surface area contributed by atoms with Crippen molar-refractivity contribution in [3.63, 3.8) is 0 Å². The molecule has 1 aliphatic heterocycles. The van der Waals surface area contributed by atoms with Crippen LogP contribution >= 0.6 is 12.4 Å². The second-order valence-corrected chi connectivity index (χ2v) is 5.37. The van der Waals surface area contributed by atoms with E-state index in [0.29, 0.717) is 11.8 Å². The first kappa shape index (κ1) is 13.8. The van der Waals surface area contributed by atoms with E-state index in [1.54, 1.807) is 0 Å². The van der Waals surface area contributed by atoms with Crippen molar-refractivity contribution in [2.45, 2.75) is 56.8 Å². The maximum absolute atomic E-state index is 5.46. The van der Waals surface area contributed by atoms with Crippen molar-refractivity contribution in [3.05, 3.63) is 11.7 Å². The molecular weight excluding hydrogens is 250 g/mol. The van der Waals surface area contributed by atoms with Crippen LogP contribution in [0, 0.1) is 0 Å². The van der Waals surface area contributed by atoms with Gasteiger partial charge in [-0.15, -0.1) is 12.4 Å². The normalized spacial score (nSPS) is 25.7. The number of rotatable bonds is 2. The molecule has 1 unspecified atom stereocenters. The Bertz CT molecular complexity index is 324. The van der Waals surface area contributed by atoms with Crippen LogP contribution in [-0.2, 0) is 0 Å². The van der Waals surface area contributed by atoms with Gasteiger partial charge in [-0.05, 0) is 32.2 Å². The molecule has 2 heterocycles. The average molecular weight is 272 g/mol. The van der Waals surface area contributed by atoms with Crippen molar-refractivity contribution in [1.82, 2.24) is 15.5 Å². The van der Waals surface area contributed by atoms with Crippen molar-refractivity contribution in [3.8, 4) is 0 Å². The summed E-state index contributed by atoms with van der Waals surface area (Å²) in [5.74, 6) is 2.81. The number of hydrogen-bond acceptors (Lipinski definition) is 4. The molecule has 0 spiro atoms. The van der Waals surface area contributed by atoms with Gasteiger partial charge < -0.3 is 9.84 Å². The highest BCUT2D eigenvalue weighted by Gasteiger charge is 2.25. The quantitative estimate of drug-likeness (QED) is 0.898. The Balaban J connectivity index is 0.00000120. The van der Waals surface area contributed by atoms with Gasteiger partial charge in [0, 0.05) is 12.5 Å². The number of nitrogens with zero attached hydrogens (tertiary/aromatic N) is 2. The van der Waals surface area contributed by atoms with Crippen LogP contribution in [0.4, 0.5) is 0 Å². The zero-order valence-corrected chi connectivity index (χ0v) is 11.5. The molecule has 4 nitrogen and oxygen atoms in total. The Morgan fingerprint density at radius 1 is 1.00 bits per heavy atom. The molecule has 1 saturated carbocycles. The SMILES string of the molecule is C1CCC(c2noc(C3CCCNC3)n2)CC1.Cl. The molecule has 1 saturated heterocycles. The van der Waals surface area contributed by atoms with Crippen LogP contribution in [0.5, 0.6) is 0 Å². The smallest absolute Gasteiger partial charge is 0.231 e. The van der Waals surface area contributed by atoms with Crippen LogP contribution in [-0.4, -0.2) is 23.2 Å². The van der Waals surface area contributed by atoms with Crippen molar-refractivity contribution in [1.29, 1.82) is 0 Å². The third-order valence-electron chi connectivity index (χ3n) is 4.07. The van der Waals surface area contributed by atoms with Crippen LogP contribution in [0.25, 0.3) is 0 Å². The highest BCUT2D eigenvalue weighted by atomic mass is 35.5. The maximum atomic E-state index is 5.46. The number of nitrogens with one attached hydrogen (secondary N) is 1. The molecule has 2 aliphatic rings. The molecule has 0 radical (unpaired) electrons. The summed E-state index contributed by atoms with van der Waals surface area (Å²) in [6, 6.07) is 0. The molecule has 1 N–H and O–H groups in total. The molecule has 2 fully saturated rings. The zero-order valence-electron chi connectivity index (χ0n) is 10.7. The van der Waals surface area contributed by atoms with Crippen LogP contribution in [0.3, 0.4) is 0 Å². The van der Waals surface area contributed by atoms with E-state index in [1.165, 1.54) is 44.9 Å². The fourth-order valence-corrected chi connectivity index (χ4v) is 3.00. The molecule has 0 amide bonds. The summed E-state index contributed by atoms with van der Waals surface area (Å²) in [6.07, 6.45) is 8.88. The van der Waals surface area contributed by atoms with Gasteiger partial charge in [0.2, 0.25) is 5.89 Å². The van der Waals surface area contributed by atoms with E-state index < -0.39 is 0 Å². The fraction of sp³-hybridized carbons (Fsp3) is 0.846. The maximum Gasteiger partial charge on any atom is 0.231 e. The van der Waals surface area contributed by atoms with Crippen LogP contribution < -0.4 is 5.32 Å². The minimum atomic E-state index is 0. The molecule has 1 aliphatic carbocycles. The van der Waals surface area contributed by atoms with Gasteiger partial charge in [0.05, 0.1) is 5.92 Å². The van der Waals surface area contributed by atoms with Crippen LogP contribution in [0.1, 0.15) is 68.5 Å². The third kappa shape index (κ3) is 3.04. The highest BCUT2D eigenvalue weighted by molar-refractivity contribution is 5.85. The molecule has 1 atom stereocenters. The van der Waals surface area contributed by atoms with E-state index in [0.717, 1.165) is 24.8 Å². The minimum Gasteiger partial charge on any atom is -0.339 e. The second kappa shape index (κ2) is 6.53. The first-order valence-corrected chi connectivity index (χ1v) is 6.97. The van der Waals surface area contributed by atoms with Gasteiger partial charge >= 0.3 is 0 Å². The van der Waals surface area contributed by atoms with Gasteiger partial charge in [0.1, 0.15) is 0 Å². The van der Waals surface area contributed by atoms with Gasteiger partial charge in [-0.3, -0.25) is 0 Å². The summed E-state index contributed by atoms with van der Waals surface area (Å²) < 4.78 is 5.46. The molecule has 1 aromatic heterocycles. The molecule has 1 aromatic rings. The minimum absolute atomic E-state index is 0. The van der Waals surface area contributed by atoms with Crippen LogP contribution in [0.15, 0.2) is 4.52 Å². The molecule has 0 bridgehead atoms. The Hall–Kier alpha value is -0.610. The number of hydrogen-bond donors (Lipinski definition) is 1. The lowest BCUT2D eigenvalue weighted by Crippen LogP contribution is -2.28. The Labute approximate surface area is 114 Å². The van der Waals surface area contributed by atoms with E-state index >= 15 is 0 Å². The summed E-state index contributed by atoms with van der Waals surface area (Å²) in [5, 5.41) is 7.60. The standard InChI is InChI=1S/C13H21N3O.ClH/c1-2-5-10(6-3-1)12-15-13(17-16-12)11-7-4-8-14-9-11;/h10-11,14H,1-9H2;1H. The molecule has 0 aromatic carbocycles. The Morgan fingerprint density at radius 3 is 2.50 bits per heavy atom. The lowest BCUT2D eigenvalue weighted by atomic mass is 9.89. The zero-order chi connectivity index (χ0) is 11.5. The first-order chi connectivity index (χ1) is 8.43. The molecule has 102 valence electrons. The van der Waals surface area contributed by atoms with Crippen molar-refractivity contribution >= 4 is 12.4 Å². The Morgan fingerprint density at radius 2 is 1.78 bits per heavy atom. The van der Waals surface area contributed by atoms with Gasteiger partial charge in [-0.2, -0.15) is 4.98 Å². The van der Waals surface area contributed by atoms with E-state index in [-0.39, 0.29) is 12.4 Å². The summed E-state index contributed by atoms with van der Waals surface area (Å²) in [4.78, 5) is 4.64. The Kier molecular flexibility index (Phi) is 5.01. The van der Waals surface area contributed by atoms with Crippen LogP contribution in [0.2, 0.25) is 0 Å². The predicted octanol–water partition coefficient (Wildman–Crippen LogP) is 3.01. The summed E-state index contributed by atoms with van der Waals surface area (Å²) in [6.45, 7) is 2.12. The highest BCUT2D eigenvalue weighted by Crippen LogP contribution is 2.32. The largest absolute Gasteiger partial charge is 0.339 e. The molecule has 5 heteroatoms. The summed E-state index contributed by atoms with van der Waals surface area (Å²) in [5.41, 5.74) is 0. The van der Waals surface area contributed by atoms with Crippen molar-refractivity contribution in [2.75, 3.05) is 13.1 Å². The number of piperidine rings is 1. The molecule has 3 rings (SSSR count). The molecule has 18 heavy (non-hydrogen) atoms. The number of aromatic nitrogens is 2. The van der Waals surface area contributed by atoms with E-state index in [1.807, 2.05) is 0 Å². The second-order valence-electron chi connectivity index (χ2n) is 5.37. The molecular formula is C13H22ClN3O. The predicted molar refractivity (Wildman–Crippen MR) is 72.2 cm³/mol. The third-order valence-corrected chi connectivity index (χ3v) is 4.07. The van der Waals surface area contributed by atoms with E-state index in [9.17, 15) is 0 Å². The van der Waals surface area contributed by atoms with Gasteiger partial charge in [-0.1, -0.05) is 24.4 Å². The monoisotopic (exact) mass is 271 g/mol. The van der Waals surface area contributed by atoms with E-state index in [4.69, 9.17) is 4.52 Å². The van der Waals surface area contributed by atoms with E-state index in [2.05, 4.69) is 15.5 Å². The summed E-state index contributed by atoms with van der Waals surface area (Å²) in [7, 11) is 0. The lowest BCUT2D eigenvalue weighted by molar-refractivity contribution is 0.316.